The van der Waals surface area contributed by atoms with Crippen molar-refractivity contribution in [2.24, 2.45) is 0 Å². The van der Waals surface area contributed by atoms with Crippen molar-refractivity contribution < 1.29 is 13.2 Å². The topological polar surface area (TPSA) is 37.8 Å². The molecule has 1 rings (SSSR count). The van der Waals surface area contributed by atoms with Crippen LogP contribution in [0.1, 0.15) is 42.8 Å². The second kappa shape index (κ2) is 6.13. The van der Waals surface area contributed by atoms with Crippen LogP contribution >= 0.6 is 0 Å². The standard InChI is InChI=1S/C12H18F3N3/c1-4-10-9(7-8(2)17-18-10)11(16-3)5-6-12(13,14)15/h7,11,16H,4-6H2,1-3H3. The van der Waals surface area contributed by atoms with Crippen molar-refractivity contribution >= 4 is 0 Å². The first-order valence-electron chi connectivity index (χ1n) is 5.94. The summed E-state index contributed by atoms with van der Waals surface area (Å²) in [5.74, 6) is 0. The Morgan fingerprint density at radius 1 is 1.33 bits per heavy atom. The molecule has 0 bridgehead atoms. The van der Waals surface area contributed by atoms with Crippen molar-refractivity contribution in [3.63, 3.8) is 0 Å². The Balaban J connectivity index is 2.90. The third kappa shape index (κ3) is 4.25. The minimum atomic E-state index is -4.13. The van der Waals surface area contributed by atoms with Gasteiger partial charge in [0.1, 0.15) is 0 Å². The van der Waals surface area contributed by atoms with Crippen LogP contribution in [0, 0.1) is 6.92 Å². The van der Waals surface area contributed by atoms with Crippen LogP contribution in [0.5, 0.6) is 0 Å². The molecule has 1 atom stereocenters. The summed E-state index contributed by atoms with van der Waals surface area (Å²) in [7, 11) is 1.66. The van der Waals surface area contributed by atoms with Gasteiger partial charge < -0.3 is 5.32 Å². The molecule has 0 saturated heterocycles. The van der Waals surface area contributed by atoms with Gasteiger partial charge in [-0.25, -0.2) is 0 Å². The number of hydrogen-bond donors (Lipinski definition) is 1. The van der Waals surface area contributed by atoms with Crippen molar-refractivity contribution in [1.29, 1.82) is 0 Å². The fraction of sp³-hybridized carbons (Fsp3) is 0.667. The van der Waals surface area contributed by atoms with E-state index in [-0.39, 0.29) is 12.5 Å². The van der Waals surface area contributed by atoms with Crippen LogP contribution in [0.25, 0.3) is 0 Å². The molecule has 0 amide bonds. The first-order valence-corrected chi connectivity index (χ1v) is 5.94. The number of nitrogens with zero attached hydrogens (tertiary/aromatic N) is 2. The Labute approximate surface area is 105 Å². The molecule has 3 nitrogen and oxygen atoms in total. The van der Waals surface area contributed by atoms with E-state index in [0.29, 0.717) is 6.42 Å². The van der Waals surface area contributed by atoms with E-state index >= 15 is 0 Å². The highest BCUT2D eigenvalue weighted by molar-refractivity contribution is 5.24. The summed E-state index contributed by atoms with van der Waals surface area (Å²) in [4.78, 5) is 0. The minimum Gasteiger partial charge on any atom is -0.313 e. The second-order valence-electron chi connectivity index (χ2n) is 4.24. The Morgan fingerprint density at radius 3 is 2.50 bits per heavy atom. The summed E-state index contributed by atoms with van der Waals surface area (Å²) >= 11 is 0. The lowest BCUT2D eigenvalue weighted by Gasteiger charge is -2.19. The third-order valence-corrected chi connectivity index (χ3v) is 2.80. The fourth-order valence-corrected chi connectivity index (χ4v) is 1.87. The molecular weight excluding hydrogens is 243 g/mol. The number of alkyl halides is 3. The Kier molecular flexibility index (Phi) is 5.07. The summed E-state index contributed by atoms with van der Waals surface area (Å²) < 4.78 is 36.8. The molecule has 0 spiro atoms. The van der Waals surface area contributed by atoms with Crippen LogP contribution in [0.3, 0.4) is 0 Å². The number of halogens is 3. The monoisotopic (exact) mass is 261 g/mol. The first-order chi connectivity index (χ1) is 8.37. The molecule has 1 aromatic rings. The molecule has 1 N–H and O–H groups in total. The quantitative estimate of drug-likeness (QED) is 0.885. The highest BCUT2D eigenvalue weighted by atomic mass is 19.4. The number of hydrogen-bond acceptors (Lipinski definition) is 3. The van der Waals surface area contributed by atoms with Crippen molar-refractivity contribution in [2.75, 3.05) is 7.05 Å². The van der Waals surface area contributed by atoms with Crippen LogP contribution in [0.2, 0.25) is 0 Å². The van der Waals surface area contributed by atoms with E-state index in [0.717, 1.165) is 17.0 Å². The molecule has 6 heteroatoms. The van der Waals surface area contributed by atoms with Gasteiger partial charge in [0.15, 0.2) is 0 Å². The molecule has 102 valence electrons. The minimum absolute atomic E-state index is 0.0120. The molecule has 0 saturated carbocycles. The predicted octanol–water partition coefficient (Wildman–Crippen LogP) is 2.95. The van der Waals surface area contributed by atoms with Gasteiger partial charge in [-0.2, -0.15) is 23.4 Å². The van der Waals surface area contributed by atoms with Gasteiger partial charge in [-0.3, -0.25) is 0 Å². The zero-order valence-corrected chi connectivity index (χ0v) is 10.8. The predicted molar refractivity (Wildman–Crippen MR) is 63.2 cm³/mol. The van der Waals surface area contributed by atoms with Gasteiger partial charge in [0.25, 0.3) is 0 Å². The normalized spacial score (nSPS) is 13.7. The largest absolute Gasteiger partial charge is 0.389 e. The van der Waals surface area contributed by atoms with Gasteiger partial charge in [-0.15, -0.1) is 0 Å². The smallest absolute Gasteiger partial charge is 0.313 e. The van der Waals surface area contributed by atoms with Gasteiger partial charge in [-0.1, -0.05) is 6.92 Å². The van der Waals surface area contributed by atoms with Gasteiger partial charge >= 0.3 is 6.18 Å². The molecule has 0 aliphatic carbocycles. The van der Waals surface area contributed by atoms with E-state index < -0.39 is 12.6 Å². The Hall–Kier alpha value is -1.17. The summed E-state index contributed by atoms with van der Waals surface area (Å²) in [6.45, 7) is 3.70. The number of aromatic nitrogens is 2. The van der Waals surface area contributed by atoms with E-state index in [1.165, 1.54) is 0 Å². The summed E-state index contributed by atoms with van der Waals surface area (Å²) in [6.07, 6.45) is -4.26. The lowest BCUT2D eigenvalue weighted by molar-refractivity contribution is -0.136. The maximum absolute atomic E-state index is 12.3. The maximum Gasteiger partial charge on any atom is 0.389 e. The first kappa shape index (κ1) is 14.9. The van der Waals surface area contributed by atoms with Crippen molar-refractivity contribution in [2.45, 2.75) is 45.3 Å². The number of rotatable bonds is 5. The van der Waals surface area contributed by atoms with Crippen molar-refractivity contribution in [3.05, 3.63) is 23.0 Å². The number of aryl methyl sites for hydroxylation is 2. The van der Waals surface area contributed by atoms with Crippen molar-refractivity contribution in [1.82, 2.24) is 15.5 Å². The van der Waals surface area contributed by atoms with Crippen molar-refractivity contribution in [3.8, 4) is 0 Å². The molecular formula is C12H18F3N3. The van der Waals surface area contributed by atoms with E-state index in [1.807, 2.05) is 13.0 Å². The Morgan fingerprint density at radius 2 is 2.00 bits per heavy atom. The van der Waals surface area contributed by atoms with Gasteiger partial charge in [0.05, 0.1) is 11.4 Å². The molecule has 1 aromatic heterocycles. The highest BCUT2D eigenvalue weighted by Gasteiger charge is 2.29. The van der Waals surface area contributed by atoms with E-state index in [4.69, 9.17) is 0 Å². The zero-order valence-electron chi connectivity index (χ0n) is 10.8. The summed E-state index contributed by atoms with van der Waals surface area (Å²) in [5.41, 5.74) is 2.29. The molecule has 0 aromatic carbocycles. The van der Waals surface area contributed by atoms with Crippen LogP contribution in [0.15, 0.2) is 6.07 Å². The molecule has 1 unspecified atom stereocenters. The van der Waals surface area contributed by atoms with Gasteiger partial charge in [-0.05, 0) is 38.4 Å². The lowest BCUT2D eigenvalue weighted by atomic mass is 9.99. The fourth-order valence-electron chi connectivity index (χ4n) is 1.87. The van der Waals surface area contributed by atoms with Crippen LogP contribution < -0.4 is 5.32 Å². The molecule has 1 heterocycles. The Bertz CT molecular complexity index is 391. The van der Waals surface area contributed by atoms with E-state index in [2.05, 4.69) is 15.5 Å². The summed E-state index contributed by atoms with van der Waals surface area (Å²) in [5, 5.41) is 10.9. The van der Waals surface area contributed by atoms with E-state index in [9.17, 15) is 13.2 Å². The molecule has 0 aliphatic heterocycles. The maximum atomic E-state index is 12.3. The molecule has 0 radical (unpaired) electrons. The molecule has 18 heavy (non-hydrogen) atoms. The average molecular weight is 261 g/mol. The van der Waals surface area contributed by atoms with Gasteiger partial charge in [0, 0.05) is 12.5 Å². The van der Waals surface area contributed by atoms with Crippen LogP contribution in [-0.2, 0) is 6.42 Å². The third-order valence-electron chi connectivity index (χ3n) is 2.80. The highest BCUT2D eigenvalue weighted by Crippen LogP contribution is 2.28. The second-order valence-corrected chi connectivity index (χ2v) is 4.24. The molecule has 0 fully saturated rings. The summed E-state index contributed by atoms with van der Waals surface area (Å²) in [6, 6.07) is 1.47. The molecule has 0 aliphatic rings. The van der Waals surface area contributed by atoms with Gasteiger partial charge in [0.2, 0.25) is 0 Å². The lowest BCUT2D eigenvalue weighted by Crippen LogP contribution is -2.21. The van der Waals surface area contributed by atoms with E-state index in [1.54, 1.807) is 14.0 Å². The van der Waals surface area contributed by atoms with Crippen LogP contribution in [-0.4, -0.2) is 23.4 Å². The zero-order chi connectivity index (χ0) is 13.8. The average Bonchev–Trinajstić information content (AvgIpc) is 2.28. The number of nitrogens with one attached hydrogen (secondary N) is 1. The SMILES string of the molecule is CCc1nnc(C)cc1C(CCC(F)(F)F)NC. The van der Waals surface area contributed by atoms with Crippen LogP contribution in [0.4, 0.5) is 13.2 Å².